The minimum Gasteiger partial charge on any atom is -0.497 e. The van der Waals surface area contributed by atoms with Crippen LogP contribution in [0.25, 0.3) is 11.4 Å². The van der Waals surface area contributed by atoms with E-state index >= 15 is 0 Å². The lowest BCUT2D eigenvalue weighted by molar-refractivity contribution is 0.415. The van der Waals surface area contributed by atoms with Crippen LogP contribution < -0.4 is 10.6 Å². The van der Waals surface area contributed by atoms with E-state index in [2.05, 4.69) is 29.8 Å². The molecule has 108 valence electrons. The zero-order valence-electron chi connectivity index (χ0n) is 12.3. The Morgan fingerprint density at radius 3 is 2.40 bits per heavy atom. The molecule has 1 aromatic heterocycles. The second-order valence-electron chi connectivity index (χ2n) is 5.75. The highest BCUT2D eigenvalue weighted by Crippen LogP contribution is 2.25. The number of nitrogens with two attached hydrogens (primary N) is 1. The molecular formula is C13H20N4OSSi. The molecule has 0 fully saturated rings. The standard InChI is InChI=1S/C13H20N4OSSi/c1-18-11-7-5-10(6-8-11)12-15-16-13(17(12)14)19-9-20(2,3)4/h5-8H,9,14H2,1-4H3. The van der Waals surface area contributed by atoms with Gasteiger partial charge in [0.2, 0.25) is 5.16 Å². The molecule has 1 aromatic carbocycles. The summed E-state index contributed by atoms with van der Waals surface area (Å²) in [5, 5.41) is 10.2. The van der Waals surface area contributed by atoms with Crippen LogP contribution in [-0.4, -0.2) is 35.4 Å². The van der Waals surface area contributed by atoms with Crippen molar-refractivity contribution in [3.63, 3.8) is 0 Å². The fourth-order valence-electron chi connectivity index (χ4n) is 1.59. The number of ether oxygens (including phenoxy) is 1. The van der Waals surface area contributed by atoms with Crippen molar-refractivity contribution in [2.75, 3.05) is 18.3 Å². The van der Waals surface area contributed by atoms with Gasteiger partial charge in [-0.2, -0.15) is 0 Å². The molecule has 2 N–H and O–H groups in total. The van der Waals surface area contributed by atoms with Gasteiger partial charge in [-0.3, -0.25) is 0 Å². The van der Waals surface area contributed by atoms with Gasteiger partial charge in [0.05, 0.1) is 15.2 Å². The molecule has 0 aliphatic carbocycles. The van der Waals surface area contributed by atoms with Gasteiger partial charge in [-0.1, -0.05) is 31.4 Å². The van der Waals surface area contributed by atoms with Crippen molar-refractivity contribution in [1.29, 1.82) is 0 Å². The fraction of sp³-hybridized carbons (Fsp3) is 0.385. The molecule has 0 saturated carbocycles. The molecule has 0 bridgehead atoms. The van der Waals surface area contributed by atoms with Gasteiger partial charge in [-0.15, -0.1) is 10.2 Å². The highest BCUT2D eigenvalue weighted by atomic mass is 32.2. The van der Waals surface area contributed by atoms with Crippen molar-refractivity contribution in [3.05, 3.63) is 24.3 Å². The summed E-state index contributed by atoms with van der Waals surface area (Å²) < 4.78 is 6.71. The van der Waals surface area contributed by atoms with Gasteiger partial charge in [0, 0.05) is 5.56 Å². The van der Waals surface area contributed by atoms with E-state index in [9.17, 15) is 0 Å². The molecule has 0 unspecified atom stereocenters. The molecule has 0 amide bonds. The van der Waals surface area contributed by atoms with Crippen LogP contribution in [0.5, 0.6) is 5.75 Å². The van der Waals surface area contributed by atoms with Gasteiger partial charge in [0.1, 0.15) is 5.75 Å². The first-order valence-electron chi connectivity index (χ1n) is 6.38. The molecule has 20 heavy (non-hydrogen) atoms. The van der Waals surface area contributed by atoms with E-state index in [1.807, 2.05) is 24.3 Å². The molecule has 0 aliphatic rings. The van der Waals surface area contributed by atoms with Crippen LogP contribution in [0.3, 0.4) is 0 Å². The first-order chi connectivity index (χ1) is 9.40. The molecule has 5 nitrogen and oxygen atoms in total. The lowest BCUT2D eigenvalue weighted by atomic mass is 10.2. The van der Waals surface area contributed by atoms with E-state index in [1.165, 1.54) is 0 Å². The summed E-state index contributed by atoms with van der Waals surface area (Å²) in [6, 6.07) is 7.64. The van der Waals surface area contributed by atoms with E-state index in [0.29, 0.717) is 5.82 Å². The van der Waals surface area contributed by atoms with Gasteiger partial charge < -0.3 is 10.6 Å². The average molecular weight is 308 g/mol. The SMILES string of the molecule is COc1ccc(-c2nnc(SC[Si](C)(C)C)n2N)cc1. The second kappa shape index (κ2) is 5.88. The molecule has 2 aromatic rings. The number of aromatic nitrogens is 3. The third kappa shape index (κ3) is 3.54. The van der Waals surface area contributed by atoms with Crippen molar-refractivity contribution < 1.29 is 4.74 Å². The summed E-state index contributed by atoms with van der Waals surface area (Å²) in [5.41, 5.74) is 0.931. The normalized spacial score (nSPS) is 11.6. The zero-order chi connectivity index (χ0) is 14.8. The molecule has 0 aliphatic heterocycles. The number of methoxy groups -OCH3 is 1. The summed E-state index contributed by atoms with van der Waals surface area (Å²) in [6.45, 7) is 6.96. The summed E-state index contributed by atoms with van der Waals surface area (Å²) in [7, 11) is 0.509. The Morgan fingerprint density at radius 2 is 1.85 bits per heavy atom. The maximum absolute atomic E-state index is 6.09. The number of hydrogen-bond acceptors (Lipinski definition) is 5. The number of nitrogens with zero attached hydrogens (tertiary/aromatic N) is 3. The van der Waals surface area contributed by atoms with E-state index in [0.717, 1.165) is 21.8 Å². The van der Waals surface area contributed by atoms with Crippen LogP contribution in [0.4, 0.5) is 0 Å². The zero-order valence-corrected chi connectivity index (χ0v) is 14.1. The molecular weight excluding hydrogens is 288 g/mol. The molecule has 0 radical (unpaired) electrons. The van der Waals surface area contributed by atoms with Crippen molar-refractivity contribution in [3.8, 4) is 17.1 Å². The smallest absolute Gasteiger partial charge is 0.209 e. The maximum Gasteiger partial charge on any atom is 0.209 e. The summed E-state index contributed by atoms with van der Waals surface area (Å²) in [5.74, 6) is 7.57. The molecule has 7 heteroatoms. The largest absolute Gasteiger partial charge is 0.497 e. The van der Waals surface area contributed by atoms with Gasteiger partial charge in [-0.25, -0.2) is 4.68 Å². The summed E-state index contributed by atoms with van der Waals surface area (Å²) in [6.07, 6.45) is 0. The van der Waals surface area contributed by atoms with Crippen molar-refractivity contribution in [2.24, 2.45) is 0 Å². The number of benzene rings is 1. The van der Waals surface area contributed by atoms with Crippen molar-refractivity contribution >= 4 is 19.8 Å². The highest BCUT2D eigenvalue weighted by molar-refractivity contribution is 8.00. The van der Waals surface area contributed by atoms with Crippen LogP contribution >= 0.6 is 11.8 Å². The predicted molar refractivity (Wildman–Crippen MR) is 86.2 cm³/mol. The highest BCUT2D eigenvalue weighted by Gasteiger charge is 2.17. The van der Waals surface area contributed by atoms with E-state index in [1.54, 1.807) is 23.5 Å². The fourth-order valence-corrected chi connectivity index (χ4v) is 4.17. The quantitative estimate of drug-likeness (QED) is 0.522. The third-order valence-corrected chi connectivity index (χ3v) is 7.23. The Hall–Kier alpha value is -1.47. The minimum absolute atomic E-state index is 0.672. The first-order valence-corrected chi connectivity index (χ1v) is 11.1. The Kier molecular flexibility index (Phi) is 4.39. The van der Waals surface area contributed by atoms with Crippen LogP contribution in [0, 0.1) is 0 Å². The van der Waals surface area contributed by atoms with E-state index in [4.69, 9.17) is 10.6 Å². The van der Waals surface area contributed by atoms with Crippen LogP contribution in [-0.2, 0) is 0 Å². The lowest BCUT2D eigenvalue weighted by Crippen LogP contribution is -2.24. The molecule has 0 atom stereocenters. The van der Waals surface area contributed by atoms with E-state index in [-0.39, 0.29) is 0 Å². The van der Waals surface area contributed by atoms with Gasteiger partial charge in [0.15, 0.2) is 5.82 Å². The first kappa shape index (κ1) is 14.9. The minimum atomic E-state index is -1.14. The molecule has 0 spiro atoms. The average Bonchev–Trinajstić information content (AvgIpc) is 2.77. The lowest BCUT2D eigenvalue weighted by Gasteiger charge is -2.14. The Labute approximate surface area is 124 Å². The molecule has 1 heterocycles. The monoisotopic (exact) mass is 308 g/mol. The Bertz CT molecular complexity index is 577. The molecule has 2 rings (SSSR count). The number of hydrogen-bond donors (Lipinski definition) is 1. The Morgan fingerprint density at radius 1 is 1.20 bits per heavy atom. The van der Waals surface area contributed by atoms with Gasteiger partial charge in [0.25, 0.3) is 0 Å². The Balaban J connectivity index is 2.19. The van der Waals surface area contributed by atoms with Gasteiger partial charge in [-0.05, 0) is 29.6 Å². The van der Waals surface area contributed by atoms with Crippen LogP contribution in [0.15, 0.2) is 29.4 Å². The van der Waals surface area contributed by atoms with Gasteiger partial charge >= 0.3 is 0 Å². The number of thioether (sulfide) groups is 1. The summed E-state index contributed by atoms with van der Waals surface area (Å²) >= 11 is 1.68. The number of rotatable bonds is 5. The number of nitrogen functional groups attached to an aromatic ring is 1. The van der Waals surface area contributed by atoms with Crippen molar-refractivity contribution in [2.45, 2.75) is 24.8 Å². The topological polar surface area (TPSA) is 66.0 Å². The van der Waals surface area contributed by atoms with Crippen LogP contribution in [0.2, 0.25) is 19.6 Å². The predicted octanol–water partition coefficient (Wildman–Crippen LogP) is 2.64. The van der Waals surface area contributed by atoms with Crippen LogP contribution in [0.1, 0.15) is 0 Å². The summed E-state index contributed by atoms with van der Waals surface area (Å²) in [4.78, 5) is 0. The molecule has 0 saturated heterocycles. The third-order valence-electron chi connectivity index (χ3n) is 2.65. The second-order valence-corrected chi connectivity index (χ2v) is 12.7. The van der Waals surface area contributed by atoms with Crippen molar-refractivity contribution in [1.82, 2.24) is 14.9 Å². The maximum atomic E-state index is 6.09. The van der Waals surface area contributed by atoms with E-state index < -0.39 is 8.07 Å².